The summed E-state index contributed by atoms with van der Waals surface area (Å²) >= 11 is 0. The number of benzene rings is 2. The van der Waals surface area contributed by atoms with Crippen LogP contribution in [0.15, 0.2) is 70.6 Å². The van der Waals surface area contributed by atoms with Gasteiger partial charge in [-0.3, -0.25) is 4.99 Å². The number of aliphatic imine (C=N–C) groups is 1. The summed E-state index contributed by atoms with van der Waals surface area (Å²) in [6, 6.07) is 18.6. The van der Waals surface area contributed by atoms with E-state index in [1.165, 1.54) is 5.56 Å². The van der Waals surface area contributed by atoms with Crippen LogP contribution in [-0.4, -0.2) is 59.1 Å². The van der Waals surface area contributed by atoms with E-state index < -0.39 is 10.0 Å². The van der Waals surface area contributed by atoms with E-state index >= 15 is 0 Å². The quantitative estimate of drug-likeness (QED) is 0.214. The van der Waals surface area contributed by atoms with Crippen molar-refractivity contribution in [1.82, 2.24) is 14.9 Å². The Kier molecular flexibility index (Phi) is 10.7. The van der Waals surface area contributed by atoms with E-state index in [1.54, 1.807) is 37.4 Å². The molecule has 1 fully saturated rings. The van der Waals surface area contributed by atoms with Gasteiger partial charge in [-0.25, -0.2) is 13.1 Å². The van der Waals surface area contributed by atoms with Gasteiger partial charge in [0.1, 0.15) is 0 Å². The minimum atomic E-state index is -3.49. The Labute approximate surface area is 202 Å². The maximum Gasteiger partial charge on any atom is 0.240 e. The number of ether oxygens (including phenoxy) is 1. The van der Waals surface area contributed by atoms with E-state index in [1.807, 2.05) is 18.2 Å². The van der Waals surface area contributed by atoms with Gasteiger partial charge >= 0.3 is 0 Å². The summed E-state index contributed by atoms with van der Waals surface area (Å²) in [6.07, 6.45) is 1.05. The van der Waals surface area contributed by atoms with Crippen LogP contribution in [0.25, 0.3) is 0 Å². The third-order valence-corrected chi connectivity index (χ3v) is 6.49. The minimum Gasteiger partial charge on any atom is -0.376 e. The third kappa shape index (κ3) is 8.06. The molecular formula is C22H31IN4O3S. The SMILES string of the molecule is CN=C(NCCNS(=O)(=O)c1ccccc1)N1CCC(COCc2ccccc2)C1.I. The molecule has 2 aromatic carbocycles. The molecule has 31 heavy (non-hydrogen) atoms. The molecular weight excluding hydrogens is 527 g/mol. The minimum absolute atomic E-state index is 0. The van der Waals surface area contributed by atoms with Gasteiger partial charge in [0, 0.05) is 39.1 Å². The van der Waals surface area contributed by atoms with Crippen molar-refractivity contribution in [1.29, 1.82) is 0 Å². The predicted octanol–water partition coefficient (Wildman–Crippen LogP) is 2.70. The fourth-order valence-corrected chi connectivity index (χ4v) is 4.51. The zero-order valence-corrected chi connectivity index (χ0v) is 20.9. The highest BCUT2D eigenvalue weighted by atomic mass is 127. The van der Waals surface area contributed by atoms with Gasteiger partial charge in [0.25, 0.3) is 0 Å². The Morgan fingerprint density at radius 1 is 1.10 bits per heavy atom. The molecule has 2 N–H and O–H groups in total. The van der Waals surface area contributed by atoms with Gasteiger partial charge in [0.05, 0.1) is 18.1 Å². The lowest BCUT2D eigenvalue weighted by Crippen LogP contribution is -2.43. The molecule has 3 rings (SSSR count). The number of rotatable bonds is 9. The maximum atomic E-state index is 12.3. The number of nitrogens with zero attached hydrogens (tertiary/aromatic N) is 2. The molecule has 0 aromatic heterocycles. The molecule has 1 aliphatic rings. The van der Waals surface area contributed by atoms with Crippen LogP contribution in [0.1, 0.15) is 12.0 Å². The van der Waals surface area contributed by atoms with Crippen molar-refractivity contribution < 1.29 is 13.2 Å². The average Bonchev–Trinajstić information content (AvgIpc) is 3.24. The van der Waals surface area contributed by atoms with Gasteiger partial charge in [0.15, 0.2) is 5.96 Å². The van der Waals surface area contributed by atoms with Crippen molar-refractivity contribution in [3.05, 3.63) is 66.2 Å². The monoisotopic (exact) mass is 558 g/mol. The smallest absolute Gasteiger partial charge is 0.240 e. The topological polar surface area (TPSA) is 83.0 Å². The van der Waals surface area contributed by atoms with E-state index in [9.17, 15) is 8.42 Å². The van der Waals surface area contributed by atoms with Crippen molar-refractivity contribution in [2.75, 3.05) is 39.8 Å². The van der Waals surface area contributed by atoms with Crippen molar-refractivity contribution >= 4 is 40.0 Å². The summed E-state index contributed by atoms with van der Waals surface area (Å²) in [4.78, 5) is 6.81. The molecule has 0 bridgehead atoms. The molecule has 2 aromatic rings. The first-order valence-corrected chi connectivity index (χ1v) is 11.7. The second-order valence-corrected chi connectivity index (χ2v) is 9.05. The fourth-order valence-electron chi connectivity index (χ4n) is 3.45. The standard InChI is InChI=1S/C22H30N4O3S.HI/c1-23-22(24-13-14-25-30(27,28)21-10-6-3-7-11-21)26-15-12-20(16-26)18-29-17-19-8-4-2-5-9-19;/h2-11,20,25H,12-18H2,1H3,(H,23,24);1H. The molecule has 1 saturated heterocycles. The lowest BCUT2D eigenvalue weighted by Gasteiger charge is -2.22. The molecule has 1 aliphatic heterocycles. The summed E-state index contributed by atoms with van der Waals surface area (Å²) in [6.45, 7) is 3.89. The molecule has 1 unspecified atom stereocenters. The Hall–Kier alpha value is -1.69. The molecule has 0 radical (unpaired) electrons. The first-order chi connectivity index (χ1) is 14.6. The largest absolute Gasteiger partial charge is 0.376 e. The van der Waals surface area contributed by atoms with Gasteiger partial charge in [-0.1, -0.05) is 48.5 Å². The highest BCUT2D eigenvalue weighted by molar-refractivity contribution is 14.0. The molecule has 170 valence electrons. The van der Waals surface area contributed by atoms with Crippen LogP contribution in [-0.2, 0) is 21.4 Å². The lowest BCUT2D eigenvalue weighted by molar-refractivity contribution is 0.0907. The van der Waals surface area contributed by atoms with Crippen LogP contribution in [0.4, 0.5) is 0 Å². The number of hydrogen-bond acceptors (Lipinski definition) is 4. The number of sulfonamides is 1. The Morgan fingerprint density at radius 2 is 1.77 bits per heavy atom. The fraction of sp³-hybridized carbons (Fsp3) is 0.409. The third-order valence-electron chi connectivity index (χ3n) is 5.02. The van der Waals surface area contributed by atoms with Gasteiger partial charge < -0.3 is 15.0 Å². The first-order valence-electron chi connectivity index (χ1n) is 10.2. The Morgan fingerprint density at radius 3 is 2.45 bits per heavy atom. The van der Waals surface area contributed by atoms with Gasteiger partial charge in [-0.15, -0.1) is 24.0 Å². The van der Waals surface area contributed by atoms with Crippen LogP contribution in [0.5, 0.6) is 0 Å². The molecule has 1 heterocycles. The Bertz CT molecular complexity index is 911. The molecule has 0 spiro atoms. The zero-order chi connectivity index (χ0) is 21.2. The second kappa shape index (κ2) is 13.0. The van der Waals surface area contributed by atoms with E-state index in [0.29, 0.717) is 19.1 Å². The van der Waals surface area contributed by atoms with E-state index in [4.69, 9.17) is 4.74 Å². The van der Waals surface area contributed by atoms with Crippen molar-refractivity contribution in [3.8, 4) is 0 Å². The van der Waals surface area contributed by atoms with Crippen LogP contribution < -0.4 is 10.0 Å². The molecule has 0 aliphatic carbocycles. The van der Waals surface area contributed by atoms with E-state index in [0.717, 1.165) is 32.1 Å². The highest BCUT2D eigenvalue weighted by Crippen LogP contribution is 2.17. The average molecular weight is 558 g/mol. The lowest BCUT2D eigenvalue weighted by atomic mass is 10.1. The van der Waals surface area contributed by atoms with Gasteiger partial charge in [-0.05, 0) is 24.1 Å². The number of guanidine groups is 1. The van der Waals surface area contributed by atoms with Crippen molar-refractivity contribution in [2.45, 2.75) is 17.9 Å². The number of likely N-dealkylation sites (tertiary alicyclic amines) is 1. The van der Waals surface area contributed by atoms with E-state index in [2.05, 4.69) is 32.1 Å². The van der Waals surface area contributed by atoms with Crippen molar-refractivity contribution in [2.24, 2.45) is 10.9 Å². The maximum absolute atomic E-state index is 12.3. The van der Waals surface area contributed by atoms with Gasteiger partial charge in [-0.2, -0.15) is 0 Å². The molecule has 7 nitrogen and oxygen atoms in total. The zero-order valence-electron chi connectivity index (χ0n) is 17.7. The van der Waals surface area contributed by atoms with Crippen LogP contribution >= 0.6 is 24.0 Å². The summed E-state index contributed by atoms with van der Waals surface area (Å²) in [5.74, 6) is 1.25. The van der Waals surface area contributed by atoms with Gasteiger partial charge in [0.2, 0.25) is 10.0 Å². The van der Waals surface area contributed by atoms with Crippen LogP contribution in [0, 0.1) is 5.92 Å². The van der Waals surface area contributed by atoms with Crippen LogP contribution in [0.2, 0.25) is 0 Å². The summed E-state index contributed by atoms with van der Waals surface area (Å²) < 4.78 is 33.0. The molecule has 0 amide bonds. The summed E-state index contributed by atoms with van der Waals surface area (Å²) in [5, 5.41) is 3.25. The Balaban J connectivity index is 0.00000341. The van der Waals surface area contributed by atoms with Crippen LogP contribution in [0.3, 0.4) is 0 Å². The van der Waals surface area contributed by atoms with E-state index in [-0.39, 0.29) is 35.4 Å². The summed E-state index contributed by atoms with van der Waals surface area (Å²) in [7, 11) is -1.74. The van der Waals surface area contributed by atoms with Crippen molar-refractivity contribution in [3.63, 3.8) is 0 Å². The number of hydrogen-bond donors (Lipinski definition) is 2. The second-order valence-electron chi connectivity index (χ2n) is 7.29. The molecule has 0 saturated carbocycles. The molecule has 1 atom stereocenters. The summed E-state index contributed by atoms with van der Waals surface area (Å²) in [5.41, 5.74) is 1.18. The predicted molar refractivity (Wildman–Crippen MR) is 134 cm³/mol. The normalized spacial score (nSPS) is 16.7. The highest BCUT2D eigenvalue weighted by Gasteiger charge is 2.25. The molecule has 9 heteroatoms. The number of halogens is 1. The first kappa shape index (κ1) is 25.6. The number of nitrogens with one attached hydrogen (secondary N) is 2.